The number of aryl methyl sites for hydroxylation is 1. The number of piperidine rings is 1. The van der Waals surface area contributed by atoms with Crippen LogP contribution in [0.15, 0.2) is 6.07 Å². The Kier molecular flexibility index (Phi) is 3.78. The second-order valence-electron chi connectivity index (χ2n) is 4.50. The number of aromatic nitrogens is 2. The zero-order valence-corrected chi connectivity index (χ0v) is 10.8. The molecule has 5 heteroatoms. The minimum absolute atomic E-state index is 0.579. The topological polar surface area (TPSA) is 53.1 Å². The third kappa shape index (κ3) is 2.85. The molecule has 17 heavy (non-hydrogen) atoms. The van der Waals surface area contributed by atoms with Gasteiger partial charge in [0.2, 0.25) is 0 Å². The SMILES string of the molecule is CNc1cc(N(C)C2CCNCC2)nc(C)n1. The summed E-state index contributed by atoms with van der Waals surface area (Å²) in [6.45, 7) is 4.12. The van der Waals surface area contributed by atoms with Crippen molar-refractivity contribution in [2.75, 3.05) is 37.4 Å². The first-order chi connectivity index (χ1) is 8.20. The number of hydrogen-bond donors (Lipinski definition) is 2. The van der Waals surface area contributed by atoms with Crippen LogP contribution in [0.2, 0.25) is 0 Å². The highest BCUT2D eigenvalue weighted by molar-refractivity contribution is 5.49. The van der Waals surface area contributed by atoms with E-state index in [1.54, 1.807) is 0 Å². The summed E-state index contributed by atoms with van der Waals surface area (Å²) in [6, 6.07) is 2.59. The van der Waals surface area contributed by atoms with E-state index in [0.29, 0.717) is 6.04 Å². The first-order valence-electron chi connectivity index (χ1n) is 6.17. The molecule has 0 spiro atoms. The van der Waals surface area contributed by atoms with E-state index in [9.17, 15) is 0 Å². The Bertz CT molecular complexity index is 373. The van der Waals surface area contributed by atoms with Gasteiger partial charge in [0.25, 0.3) is 0 Å². The van der Waals surface area contributed by atoms with Crippen molar-refractivity contribution in [1.29, 1.82) is 0 Å². The van der Waals surface area contributed by atoms with Crippen molar-refractivity contribution >= 4 is 11.6 Å². The average molecular weight is 235 g/mol. The van der Waals surface area contributed by atoms with Crippen molar-refractivity contribution in [2.24, 2.45) is 0 Å². The Morgan fingerprint density at radius 2 is 2.06 bits per heavy atom. The van der Waals surface area contributed by atoms with Gasteiger partial charge in [-0.15, -0.1) is 0 Å². The molecule has 2 rings (SSSR count). The Morgan fingerprint density at radius 3 is 2.71 bits per heavy atom. The van der Waals surface area contributed by atoms with Crippen LogP contribution in [0.3, 0.4) is 0 Å². The second kappa shape index (κ2) is 5.31. The van der Waals surface area contributed by atoms with E-state index in [-0.39, 0.29) is 0 Å². The summed E-state index contributed by atoms with van der Waals surface area (Å²) < 4.78 is 0. The molecule has 1 aromatic heterocycles. The summed E-state index contributed by atoms with van der Waals surface area (Å²) in [4.78, 5) is 11.1. The lowest BCUT2D eigenvalue weighted by Gasteiger charge is -2.32. The molecule has 2 N–H and O–H groups in total. The smallest absolute Gasteiger partial charge is 0.134 e. The van der Waals surface area contributed by atoms with Crippen molar-refractivity contribution in [3.8, 4) is 0 Å². The molecule has 1 aliphatic heterocycles. The van der Waals surface area contributed by atoms with Crippen LogP contribution in [-0.4, -0.2) is 43.2 Å². The summed E-state index contributed by atoms with van der Waals surface area (Å²) in [5.74, 6) is 2.70. The summed E-state index contributed by atoms with van der Waals surface area (Å²) in [5.41, 5.74) is 0. The maximum atomic E-state index is 4.51. The summed E-state index contributed by atoms with van der Waals surface area (Å²) in [5, 5.41) is 6.46. The minimum Gasteiger partial charge on any atom is -0.373 e. The van der Waals surface area contributed by atoms with Crippen molar-refractivity contribution in [1.82, 2.24) is 15.3 Å². The molecule has 1 saturated heterocycles. The number of nitrogens with zero attached hydrogens (tertiary/aromatic N) is 3. The van der Waals surface area contributed by atoms with E-state index in [4.69, 9.17) is 0 Å². The quantitative estimate of drug-likeness (QED) is 0.819. The lowest BCUT2D eigenvalue weighted by atomic mass is 10.1. The van der Waals surface area contributed by atoms with Gasteiger partial charge < -0.3 is 15.5 Å². The first-order valence-corrected chi connectivity index (χ1v) is 6.17. The summed E-state index contributed by atoms with van der Waals surface area (Å²) in [6.07, 6.45) is 2.35. The Balaban J connectivity index is 2.17. The van der Waals surface area contributed by atoms with Gasteiger partial charge in [0.15, 0.2) is 0 Å². The van der Waals surface area contributed by atoms with Crippen LogP contribution in [0, 0.1) is 6.92 Å². The molecule has 0 amide bonds. The van der Waals surface area contributed by atoms with Crippen LogP contribution < -0.4 is 15.5 Å². The van der Waals surface area contributed by atoms with Crippen LogP contribution in [0.4, 0.5) is 11.6 Å². The molecule has 0 bridgehead atoms. The van der Waals surface area contributed by atoms with E-state index in [1.807, 2.05) is 20.0 Å². The Labute approximate surface area is 103 Å². The molecule has 0 saturated carbocycles. The van der Waals surface area contributed by atoms with Crippen molar-refractivity contribution in [3.05, 3.63) is 11.9 Å². The molecule has 5 nitrogen and oxygen atoms in total. The number of rotatable bonds is 3. The summed E-state index contributed by atoms with van der Waals surface area (Å²) in [7, 11) is 4.01. The predicted octanol–water partition coefficient (Wildman–Crippen LogP) is 1.01. The van der Waals surface area contributed by atoms with Crippen molar-refractivity contribution < 1.29 is 0 Å². The van der Waals surface area contributed by atoms with Gasteiger partial charge >= 0.3 is 0 Å². The maximum Gasteiger partial charge on any atom is 0.134 e. The van der Waals surface area contributed by atoms with E-state index in [2.05, 4.69) is 32.5 Å². The van der Waals surface area contributed by atoms with Crippen molar-refractivity contribution in [2.45, 2.75) is 25.8 Å². The van der Waals surface area contributed by atoms with Crippen LogP contribution in [0.1, 0.15) is 18.7 Å². The molecule has 1 aliphatic rings. The van der Waals surface area contributed by atoms with Crippen LogP contribution in [0.5, 0.6) is 0 Å². The molecule has 2 heterocycles. The highest BCUT2D eigenvalue weighted by Crippen LogP contribution is 2.20. The molecule has 0 radical (unpaired) electrons. The van der Waals surface area contributed by atoms with Gasteiger partial charge in [-0.05, 0) is 32.9 Å². The fourth-order valence-electron chi connectivity index (χ4n) is 2.24. The van der Waals surface area contributed by atoms with Gasteiger partial charge in [-0.3, -0.25) is 0 Å². The number of hydrogen-bond acceptors (Lipinski definition) is 5. The zero-order valence-electron chi connectivity index (χ0n) is 10.8. The molecule has 0 aliphatic carbocycles. The van der Waals surface area contributed by atoms with E-state index in [1.165, 1.54) is 12.8 Å². The van der Waals surface area contributed by atoms with Gasteiger partial charge in [0.05, 0.1) is 0 Å². The molecule has 1 fully saturated rings. The van der Waals surface area contributed by atoms with E-state index in [0.717, 1.165) is 30.5 Å². The molecule has 94 valence electrons. The van der Waals surface area contributed by atoms with Gasteiger partial charge in [0.1, 0.15) is 17.5 Å². The maximum absolute atomic E-state index is 4.51. The number of anilines is 2. The first kappa shape index (κ1) is 12.1. The van der Waals surface area contributed by atoms with Crippen molar-refractivity contribution in [3.63, 3.8) is 0 Å². The minimum atomic E-state index is 0.579. The van der Waals surface area contributed by atoms with E-state index >= 15 is 0 Å². The molecule has 0 aromatic carbocycles. The lowest BCUT2D eigenvalue weighted by Crippen LogP contribution is -2.41. The Hall–Kier alpha value is -1.36. The number of nitrogens with one attached hydrogen (secondary N) is 2. The summed E-state index contributed by atoms with van der Waals surface area (Å²) >= 11 is 0. The zero-order chi connectivity index (χ0) is 12.3. The van der Waals surface area contributed by atoms with Gasteiger partial charge in [-0.25, -0.2) is 9.97 Å². The molecule has 1 aromatic rings. The largest absolute Gasteiger partial charge is 0.373 e. The van der Waals surface area contributed by atoms with Crippen LogP contribution in [-0.2, 0) is 0 Å². The average Bonchev–Trinajstić information content (AvgIpc) is 2.38. The van der Waals surface area contributed by atoms with Crippen LogP contribution in [0.25, 0.3) is 0 Å². The lowest BCUT2D eigenvalue weighted by molar-refractivity contribution is 0.441. The highest BCUT2D eigenvalue weighted by Gasteiger charge is 2.19. The van der Waals surface area contributed by atoms with Crippen LogP contribution >= 0.6 is 0 Å². The monoisotopic (exact) mass is 235 g/mol. The third-order valence-electron chi connectivity index (χ3n) is 3.30. The molecule has 0 unspecified atom stereocenters. The van der Waals surface area contributed by atoms with Gasteiger partial charge in [-0.2, -0.15) is 0 Å². The second-order valence-corrected chi connectivity index (χ2v) is 4.50. The highest BCUT2D eigenvalue weighted by atomic mass is 15.2. The normalized spacial score (nSPS) is 16.9. The van der Waals surface area contributed by atoms with E-state index < -0.39 is 0 Å². The van der Waals surface area contributed by atoms with Gasteiger partial charge in [0, 0.05) is 26.2 Å². The fourth-order valence-corrected chi connectivity index (χ4v) is 2.24. The molecular weight excluding hydrogens is 214 g/mol. The molecular formula is C12H21N5. The van der Waals surface area contributed by atoms with Gasteiger partial charge in [-0.1, -0.05) is 0 Å². The Morgan fingerprint density at radius 1 is 1.35 bits per heavy atom. The predicted molar refractivity (Wildman–Crippen MR) is 70.6 cm³/mol. The third-order valence-corrected chi connectivity index (χ3v) is 3.30. The fraction of sp³-hybridized carbons (Fsp3) is 0.667. The molecule has 0 atom stereocenters. The standard InChI is InChI=1S/C12H21N5/c1-9-15-11(13-2)8-12(16-9)17(3)10-4-6-14-7-5-10/h8,10,14H,4-7H2,1-3H3,(H,13,15,16).